The molecule has 0 atom stereocenters. The Bertz CT molecular complexity index is 537. The summed E-state index contributed by atoms with van der Waals surface area (Å²) in [5.74, 6) is 1.20. The Morgan fingerprint density at radius 1 is 1.45 bits per heavy atom. The molecule has 118 valence electrons. The van der Waals surface area contributed by atoms with Gasteiger partial charge in [-0.15, -0.1) is 11.8 Å². The van der Waals surface area contributed by atoms with E-state index < -0.39 is 0 Å². The Kier molecular flexibility index (Phi) is 6.75. The highest BCUT2D eigenvalue weighted by molar-refractivity contribution is 7.99. The Labute approximate surface area is 136 Å². The number of benzene rings is 1. The van der Waals surface area contributed by atoms with Gasteiger partial charge in [0.15, 0.2) is 0 Å². The molecule has 1 aromatic rings. The van der Waals surface area contributed by atoms with Crippen LogP contribution in [0.3, 0.4) is 0 Å². The van der Waals surface area contributed by atoms with Gasteiger partial charge >= 0.3 is 0 Å². The third kappa shape index (κ3) is 5.70. The molecule has 0 heterocycles. The molecule has 5 heteroatoms. The fourth-order valence-electron chi connectivity index (χ4n) is 2.42. The molecule has 1 aliphatic carbocycles. The number of amides is 1. The van der Waals surface area contributed by atoms with E-state index in [1.165, 1.54) is 24.6 Å². The zero-order chi connectivity index (χ0) is 15.8. The number of nitrogens with one attached hydrogen (secondary N) is 1. The van der Waals surface area contributed by atoms with Crippen molar-refractivity contribution in [2.24, 2.45) is 5.92 Å². The number of hydrogen-bond acceptors (Lipinski definition) is 4. The van der Waals surface area contributed by atoms with Gasteiger partial charge in [0.2, 0.25) is 5.91 Å². The lowest BCUT2D eigenvalue weighted by Crippen LogP contribution is -2.35. The number of para-hydroxylation sites is 1. The lowest BCUT2D eigenvalue weighted by molar-refractivity contribution is -0.117. The van der Waals surface area contributed by atoms with E-state index in [9.17, 15) is 4.79 Å². The van der Waals surface area contributed by atoms with E-state index in [0.29, 0.717) is 12.3 Å². The lowest BCUT2D eigenvalue weighted by atomic mass is 10.3. The molecular weight excluding hydrogens is 294 g/mol. The van der Waals surface area contributed by atoms with Crippen molar-refractivity contribution in [2.45, 2.75) is 31.1 Å². The second-order valence-corrected chi connectivity index (χ2v) is 6.69. The van der Waals surface area contributed by atoms with Gasteiger partial charge in [0.05, 0.1) is 24.1 Å². The zero-order valence-corrected chi connectivity index (χ0v) is 13.9. The summed E-state index contributed by atoms with van der Waals surface area (Å²) < 4.78 is 0. The molecule has 0 saturated heterocycles. The zero-order valence-electron chi connectivity index (χ0n) is 13.0. The number of nitriles is 1. The SMILES string of the molecule is CCCN(CC(=O)Nc1ccccc1SCC#N)CC1CC1. The maximum Gasteiger partial charge on any atom is 0.238 e. The number of carbonyl (C=O) groups is 1. The minimum Gasteiger partial charge on any atom is -0.324 e. The Hall–Kier alpha value is -1.51. The number of hydrogen-bond donors (Lipinski definition) is 1. The lowest BCUT2D eigenvalue weighted by Gasteiger charge is -2.21. The summed E-state index contributed by atoms with van der Waals surface area (Å²) in [5, 5.41) is 11.7. The fourth-order valence-corrected chi connectivity index (χ4v) is 3.08. The van der Waals surface area contributed by atoms with Gasteiger partial charge in [-0.25, -0.2) is 0 Å². The summed E-state index contributed by atoms with van der Waals surface area (Å²) in [6.07, 6.45) is 3.67. The molecule has 1 amide bonds. The highest BCUT2D eigenvalue weighted by Crippen LogP contribution is 2.30. The van der Waals surface area contributed by atoms with E-state index >= 15 is 0 Å². The second kappa shape index (κ2) is 8.82. The molecule has 2 rings (SSSR count). The maximum absolute atomic E-state index is 12.3. The average Bonchev–Trinajstić information content (AvgIpc) is 3.30. The molecule has 4 nitrogen and oxygen atoms in total. The van der Waals surface area contributed by atoms with Crippen LogP contribution in [0.4, 0.5) is 5.69 Å². The van der Waals surface area contributed by atoms with Gasteiger partial charge in [0.1, 0.15) is 0 Å². The molecule has 0 aromatic heterocycles. The van der Waals surface area contributed by atoms with Crippen LogP contribution in [0.5, 0.6) is 0 Å². The van der Waals surface area contributed by atoms with Crippen molar-refractivity contribution in [3.05, 3.63) is 24.3 Å². The minimum absolute atomic E-state index is 0.0270. The van der Waals surface area contributed by atoms with E-state index in [-0.39, 0.29) is 5.91 Å². The highest BCUT2D eigenvalue weighted by atomic mass is 32.2. The van der Waals surface area contributed by atoms with Gasteiger partial charge < -0.3 is 5.32 Å². The van der Waals surface area contributed by atoms with Gasteiger partial charge in [-0.3, -0.25) is 9.69 Å². The van der Waals surface area contributed by atoms with E-state index in [1.807, 2.05) is 24.3 Å². The molecule has 1 N–H and O–H groups in total. The number of thioether (sulfide) groups is 1. The quantitative estimate of drug-likeness (QED) is 0.710. The first-order chi connectivity index (χ1) is 10.7. The monoisotopic (exact) mass is 317 g/mol. The maximum atomic E-state index is 12.3. The van der Waals surface area contributed by atoms with Crippen molar-refractivity contribution in [3.63, 3.8) is 0 Å². The van der Waals surface area contributed by atoms with Crippen molar-refractivity contribution < 1.29 is 4.79 Å². The standard InChI is InChI=1S/C17H23N3OS/c1-2-10-20(12-14-7-8-14)13-17(21)19-15-5-3-4-6-16(15)22-11-9-18/h3-6,14H,2,7-8,10-13H2,1H3,(H,19,21). The van der Waals surface area contributed by atoms with Crippen LogP contribution >= 0.6 is 11.8 Å². The van der Waals surface area contributed by atoms with Crippen LogP contribution < -0.4 is 5.32 Å². The third-order valence-corrected chi connectivity index (χ3v) is 4.51. The van der Waals surface area contributed by atoms with Crippen LogP contribution in [-0.2, 0) is 4.79 Å². The summed E-state index contributed by atoms with van der Waals surface area (Å²) in [7, 11) is 0. The predicted molar refractivity (Wildman–Crippen MR) is 90.9 cm³/mol. The van der Waals surface area contributed by atoms with Gasteiger partial charge in [-0.2, -0.15) is 5.26 Å². The van der Waals surface area contributed by atoms with Crippen LogP contribution in [0.1, 0.15) is 26.2 Å². The Balaban J connectivity index is 1.91. The summed E-state index contributed by atoms with van der Waals surface area (Å²) in [5.41, 5.74) is 0.802. The average molecular weight is 317 g/mol. The van der Waals surface area contributed by atoms with Crippen LogP contribution in [0.25, 0.3) is 0 Å². The normalized spacial score (nSPS) is 13.9. The number of rotatable bonds is 9. The van der Waals surface area contributed by atoms with Crippen LogP contribution in [0.15, 0.2) is 29.2 Å². The van der Waals surface area contributed by atoms with Crippen molar-refractivity contribution in [3.8, 4) is 6.07 Å². The molecule has 0 spiro atoms. The second-order valence-electron chi connectivity index (χ2n) is 5.67. The Morgan fingerprint density at radius 2 is 2.23 bits per heavy atom. The molecule has 0 unspecified atom stereocenters. The smallest absolute Gasteiger partial charge is 0.238 e. The van der Waals surface area contributed by atoms with E-state index in [1.54, 1.807) is 0 Å². The number of nitrogens with zero attached hydrogens (tertiary/aromatic N) is 2. The predicted octanol–water partition coefficient (Wildman–Crippen LogP) is 3.36. The van der Waals surface area contributed by atoms with Gasteiger partial charge in [-0.1, -0.05) is 19.1 Å². The first-order valence-corrected chi connectivity index (χ1v) is 8.82. The highest BCUT2D eigenvalue weighted by Gasteiger charge is 2.24. The van der Waals surface area contributed by atoms with Gasteiger partial charge in [0, 0.05) is 11.4 Å². The third-order valence-electron chi connectivity index (χ3n) is 3.57. The minimum atomic E-state index is 0.0270. The fraction of sp³-hybridized carbons (Fsp3) is 0.529. The van der Waals surface area contributed by atoms with Crippen molar-refractivity contribution in [1.82, 2.24) is 4.90 Å². The molecule has 0 bridgehead atoms. The molecule has 0 aliphatic heterocycles. The summed E-state index contributed by atoms with van der Waals surface area (Å²) in [6.45, 7) is 4.59. The molecule has 0 radical (unpaired) electrons. The summed E-state index contributed by atoms with van der Waals surface area (Å²) >= 11 is 1.45. The Morgan fingerprint density at radius 3 is 2.91 bits per heavy atom. The molecular formula is C17H23N3OS. The molecule has 1 fully saturated rings. The summed E-state index contributed by atoms with van der Waals surface area (Å²) in [6, 6.07) is 9.77. The molecule has 1 aromatic carbocycles. The molecule has 22 heavy (non-hydrogen) atoms. The van der Waals surface area contributed by atoms with E-state index in [2.05, 4.69) is 23.2 Å². The first-order valence-electron chi connectivity index (χ1n) is 7.84. The van der Waals surface area contributed by atoms with Gasteiger partial charge in [0.25, 0.3) is 0 Å². The van der Waals surface area contributed by atoms with E-state index in [0.717, 1.165) is 36.0 Å². The first kappa shape index (κ1) is 16.9. The topological polar surface area (TPSA) is 56.1 Å². The molecule has 1 aliphatic rings. The van der Waals surface area contributed by atoms with Crippen LogP contribution in [0.2, 0.25) is 0 Å². The van der Waals surface area contributed by atoms with Crippen molar-refractivity contribution >= 4 is 23.4 Å². The van der Waals surface area contributed by atoms with Crippen LogP contribution in [-0.4, -0.2) is 36.2 Å². The number of anilines is 1. The van der Waals surface area contributed by atoms with Crippen molar-refractivity contribution in [1.29, 1.82) is 5.26 Å². The number of carbonyl (C=O) groups excluding carboxylic acids is 1. The van der Waals surface area contributed by atoms with Crippen LogP contribution in [0, 0.1) is 17.2 Å². The summed E-state index contributed by atoms with van der Waals surface area (Å²) in [4.78, 5) is 15.5. The van der Waals surface area contributed by atoms with E-state index in [4.69, 9.17) is 5.26 Å². The van der Waals surface area contributed by atoms with Crippen molar-refractivity contribution in [2.75, 3.05) is 30.7 Å². The largest absolute Gasteiger partial charge is 0.324 e. The molecule has 1 saturated carbocycles. The van der Waals surface area contributed by atoms with Gasteiger partial charge in [-0.05, 0) is 43.9 Å².